The molecular formula is C14H15FN2O. The van der Waals surface area contributed by atoms with Crippen molar-refractivity contribution in [2.24, 2.45) is 5.73 Å². The molecule has 0 aliphatic rings. The quantitative estimate of drug-likeness (QED) is 0.897. The second kappa shape index (κ2) is 5.14. The van der Waals surface area contributed by atoms with Gasteiger partial charge in [-0.05, 0) is 36.2 Å². The van der Waals surface area contributed by atoms with Crippen LogP contribution in [0.5, 0.6) is 0 Å². The van der Waals surface area contributed by atoms with Gasteiger partial charge >= 0.3 is 0 Å². The minimum Gasteiger partial charge on any atom is -0.326 e. The van der Waals surface area contributed by atoms with Crippen LogP contribution in [0.3, 0.4) is 0 Å². The highest BCUT2D eigenvalue weighted by molar-refractivity contribution is 5.25. The maximum Gasteiger partial charge on any atom is 0.251 e. The highest BCUT2D eigenvalue weighted by Gasteiger charge is 2.04. The Bertz CT molecular complexity index is 619. The molecule has 0 radical (unpaired) electrons. The van der Waals surface area contributed by atoms with E-state index in [-0.39, 0.29) is 17.9 Å². The Morgan fingerprint density at radius 1 is 1.22 bits per heavy atom. The van der Waals surface area contributed by atoms with Gasteiger partial charge < -0.3 is 10.3 Å². The molecular weight excluding hydrogens is 231 g/mol. The lowest BCUT2D eigenvalue weighted by atomic mass is 10.1. The van der Waals surface area contributed by atoms with E-state index in [0.29, 0.717) is 6.54 Å². The number of hydrogen-bond acceptors (Lipinski definition) is 2. The zero-order valence-electron chi connectivity index (χ0n) is 10.2. The number of aromatic nitrogens is 1. The monoisotopic (exact) mass is 246 g/mol. The molecule has 18 heavy (non-hydrogen) atoms. The summed E-state index contributed by atoms with van der Waals surface area (Å²) in [6, 6.07) is 9.72. The molecule has 0 saturated heterocycles. The summed E-state index contributed by atoms with van der Waals surface area (Å²) in [6.45, 7) is 2.49. The Hall–Kier alpha value is -1.94. The summed E-state index contributed by atoms with van der Waals surface area (Å²) in [5, 5.41) is 0. The fraction of sp³-hybridized carbons (Fsp3) is 0.214. The minimum absolute atomic E-state index is 0.0893. The van der Waals surface area contributed by atoms with Gasteiger partial charge in [0.25, 0.3) is 5.56 Å². The van der Waals surface area contributed by atoms with E-state index in [0.717, 1.165) is 16.8 Å². The van der Waals surface area contributed by atoms with Crippen LogP contribution < -0.4 is 11.3 Å². The molecule has 2 rings (SSSR count). The average Bonchev–Trinajstić information content (AvgIpc) is 2.33. The molecule has 1 heterocycles. The summed E-state index contributed by atoms with van der Waals surface area (Å²) in [6.07, 6.45) is 0. The Kier molecular flexibility index (Phi) is 3.58. The van der Waals surface area contributed by atoms with Crippen molar-refractivity contribution in [3.63, 3.8) is 0 Å². The van der Waals surface area contributed by atoms with Crippen molar-refractivity contribution < 1.29 is 4.39 Å². The molecule has 0 aliphatic heterocycles. The second-order valence-electron chi connectivity index (χ2n) is 4.26. The molecule has 2 aromatic rings. The number of aryl methyl sites for hydroxylation is 1. The first-order valence-corrected chi connectivity index (χ1v) is 5.75. The highest BCUT2D eigenvalue weighted by atomic mass is 19.1. The summed E-state index contributed by atoms with van der Waals surface area (Å²) in [5.41, 5.74) is 7.74. The lowest BCUT2D eigenvalue weighted by Crippen LogP contribution is -2.21. The maximum atomic E-state index is 13.4. The van der Waals surface area contributed by atoms with E-state index in [2.05, 4.69) is 0 Å². The standard InChI is InChI=1S/C14H15FN2O/c1-10-3-2-4-14(18)17(10)9-12-5-11(8-16)6-13(15)7-12/h2-7H,8-9,16H2,1H3. The van der Waals surface area contributed by atoms with E-state index >= 15 is 0 Å². The van der Waals surface area contributed by atoms with Crippen LogP contribution in [0, 0.1) is 12.7 Å². The topological polar surface area (TPSA) is 48.0 Å². The first-order valence-electron chi connectivity index (χ1n) is 5.75. The van der Waals surface area contributed by atoms with Crippen LogP contribution >= 0.6 is 0 Å². The van der Waals surface area contributed by atoms with Crippen LogP contribution in [-0.2, 0) is 13.1 Å². The molecule has 2 N–H and O–H groups in total. The number of benzene rings is 1. The first-order chi connectivity index (χ1) is 8.60. The molecule has 0 fully saturated rings. The van der Waals surface area contributed by atoms with Gasteiger partial charge in [0.15, 0.2) is 0 Å². The Morgan fingerprint density at radius 3 is 2.61 bits per heavy atom. The molecule has 0 spiro atoms. The maximum absolute atomic E-state index is 13.4. The molecule has 0 bridgehead atoms. The summed E-state index contributed by atoms with van der Waals surface area (Å²) < 4.78 is 15.0. The first kappa shape index (κ1) is 12.5. The molecule has 1 aromatic heterocycles. The largest absolute Gasteiger partial charge is 0.326 e. The minimum atomic E-state index is -0.324. The fourth-order valence-corrected chi connectivity index (χ4v) is 1.94. The van der Waals surface area contributed by atoms with Crippen molar-refractivity contribution in [3.8, 4) is 0 Å². The van der Waals surface area contributed by atoms with E-state index in [9.17, 15) is 9.18 Å². The lowest BCUT2D eigenvalue weighted by molar-refractivity contribution is 0.619. The summed E-state index contributed by atoms with van der Waals surface area (Å²) in [5.74, 6) is -0.324. The number of rotatable bonds is 3. The second-order valence-corrected chi connectivity index (χ2v) is 4.26. The number of nitrogens with two attached hydrogens (primary N) is 1. The Labute approximate surface area is 105 Å². The van der Waals surface area contributed by atoms with Gasteiger partial charge in [0.1, 0.15) is 5.82 Å². The van der Waals surface area contributed by atoms with Crippen LogP contribution in [-0.4, -0.2) is 4.57 Å². The van der Waals surface area contributed by atoms with E-state index in [1.807, 2.05) is 19.1 Å². The van der Waals surface area contributed by atoms with Crippen molar-refractivity contribution in [1.29, 1.82) is 0 Å². The molecule has 0 saturated carbocycles. The van der Waals surface area contributed by atoms with Gasteiger partial charge in [-0.1, -0.05) is 12.1 Å². The third-order valence-electron chi connectivity index (χ3n) is 2.86. The van der Waals surface area contributed by atoms with Gasteiger partial charge in [0.2, 0.25) is 0 Å². The number of pyridine rings is 1. The van der Waals surface area contributed by atoms with Gasteiger partial charge in [0.05, 0.1) is 6.54 Å². The molecule has 94 valence electrons. The molecule has 4 heteroatoms. The van der Waals surface area contributed by atoms with E-state index in [4.69, 9.17) is 5.73 Å². The molecule has 3 nitrogen and oxygen atoms in total. The van der Waals surface area contributed by atoms with Crippen LogP contribution in [0.15, 0.2) is 41.2 Å². The predicted molar refractivity (Wildman–Crippen MR) is 68.8 cm³/mol. The molecule has 0 atom stereocenters. The smallest absolute Gasteiger partial charge is 0.251 e. The highest BCUT2D eigenvalue weighted by Crippen LogP contribution is 2.10. The van der Waals surface area contributed by atoms with Crippen LogP contribution in [0.4, 0.5) is 4.39 Å². The summed E-state index contributed by atoms with van der Waals surface area (Å²) in [7, 11) is 0. The van der Waals surface area contributed by atoms with Crippen LogP contribution in [0.25, 0.3) is 0 Å². The van der Waals surface area contributed by atoms with E-state index in [1.54, 1.807) is 10.6 Å². The third-order valence-corrected chi connectivity index (χ3v) is 2.86. The average molecular weight is 246 g/mol. The fourth-order valence-electron chi connectivity index (χ4n) is 1.94. The summed E-state index contributed by atoms with van der Waals surface area (Å²) in [4.78, 5) is 11.7. The van der Waals surface area contributed by atoms with Gasteiger partial charge in [-0.2, -0.15) is 0 Å². The van der Waals surface area contributed by atoms with Crippen molar-refractivity contribution in [3.05, 3.63) is 69.4 Å². The lowest BCUT2D eigenvalue weighted by Gasteiger charge is -2.10. The zero-order valence-corrected chi connectivity index (χ0v) is 10.2. The van der Waals surface area contributed by atoms with Gasteiger partial charge in [-0.3, -0.25) is 4.79 Å². The third kappa shape index (κ3) is 2.65. The molecule has 0 amide bonds. The Morgan fingerprint density at radius 2 is 1.94 bits per heavy atom. The van der Waals surface area contributed by atoms with Crippen molar-refractivity contribution in [2.75, 3.05) is 0 Å². The van der Waals surface area contributed by atoms with E-state index < -0.39 is 0 Å². The molecule has 0 aliphatic carbocycles. The van der Waals surface area contributed by atoms with Gasteiger partial charge in [-0.25, -0.2) is 4.39 Å². The van der Waals surface area contributed by atoms with Crippen molar-refractivity contribution >= 4 is 0 Å². The summed E-state index contributed by atoms with van der Waals surface area (Å²) >= 11 is 0. The number of hydrogen-bond donors (Lipinski definition) is 1. The molecule has 1 aromatic carbocycles. The zero-order chi connectivity index (χ0) is 13.1. The SMILES string of the molecule is Cc1cccc(=O)n1Cc1cc(F)cc(CN)c1. The number of halogens is 1. The Balaban J connectivity index is 2.40. The number of nitrogens with zero attached hydrogens (tertiary/aromatic N) is 1. The normalized spacial score (nSPS) is 10.6. The van der Waals surface area contributed by atoms with Gasteiger partial charge in [0, 0.05) is 18.3 Å². The van der Waals surface area contributed by atoms with E-state index in [1.165, 1.54) is 18.2 Å². The van der Waals surface area contributed by atoms with Crippen molar-refractivity contribution in [2.45, 2.75) is 20.0 Å². The van der Waals surface area contributed by atoms with Crippen LogP contribution in [0.2, 0.25) is 0 Å². The predicted octanol–water partition coefficient (Wildman–Crippen LogP) is 1.80. The van der Waals surface area contributed by atoms with Crippen LogP contribution in [0.1, 0.15) is 16.8 Å². The molecule has 0 unspecified atom stereocenters. The van der Waals surface area contributed by atoms with Gasteiger partial charge in [-0.15, -0.1) is 0 Å². The van der Waals surface area contributed by atoms with Crippen molar-refractivity contribution in [1.82, 2.24) is 4.57 Å².